The van der Waals surface area contributed by atoms with Crippen LogP contribution in [0.1, 0.15) is 62.5 Å². The Morgan fingerprint density at radius 1 is 1.22 bits per heavy atom. The van der Waals surface area contributed by atoms with E-state index in [0.717, 1.165) is 6.20 Å². The van der Waals surface area contributed by atoms with Crippen LogP contribution in [0.4, 0.5) is 0 Å². The second-order valence-electron chi connectivity index (χ2n) is 5.43. The average Bonchev–Trinajstić information content (AvgIpc) is 2.64. The molecule has 18 heavy (non-hydrogen) atoms. The summed E-state index contributed by atoms with van der Waals surface area (Å²) < 4.78 is 64.9. The zero-order valence-electron chi connectivity index (χ0n) is 18.1. The van der Waals surface area contributed by atoms with Crippen LogP contribution in [0.5, 0.6) is 0 Å². The van der Waals surface area contributed by atoms with Crippen molar-refractivity contribution in [1.82, 2.24) is 4.98 Å². The van der Waals surface area contributed by atoms with Gasteiger partial charge in [0, 0.05) is 15.8 Å². The Labute approximate surface area is 120 Å². The van der Waals surface area contributed by atoms with E-state index in [4.69, 9.17) is 18.9 Å². The van der Waals surface area contributed by atoms with Gasteiger partial charge in [0.2, 0.25) is 0 Å². The van der Waals surface area contributed by atoms with Gasteiger partial charge in [-0.3, -0.25) is 4.98 Å². The highest BCUT2D eigenvalue weighted by Gasteiger charge is 2.52. The summed E-state index contributed by atoms with van der Waals surface area (Å²) in [5.41, 5.74) is -0.933. The molecule has 0 saturated carbocycles. The Morgan fingerprint density at radius 2 is 1.83 bits per heavy atom. The molecule has 1 saturated heterocycles. The molecule has 4 heteroatoms. The van der Waals surface area contributed by atoms with Crippen molar-refractivity contribution in [2.75, 3.05) is 0 Å². The molecule has 1 fully saturated rings. The molecule has 0 aromatic carbocycles. The maximum Gasteiger partial charge on any atom is 0.514 e. The van der Waals surface area contributed by atoms with Crippen molar-refractivity contribution >= 4 is 12.7 Å². The predicted molar refractivity (Wildman–Crippen MR) is 74.0 cm³/mol. The minimum Gasteiger partial charge on any atom is -0.398 e. The second-order valence-corrected chi connectivity index (χ2v) is 5.43. The van der Waals surface area contributed by atoms with Crippen LogP contribution >= 0.6 is 0 Å². The normalized spacial score (nSPS) is 29.3. The number of pyridine rings is 1. The highest BCUT2D eigenvalue weighted by Crippen LogP contribution is 2.36. The largest absolute Gasteiger partial charge is 0.514 e. The van der Waals surface area contributed by atoms with Gasteiger partial charge in [-0.15, -0.1) is 0 Å². The first kappa shape index (κ1) is 7.06. The molecule has 0 unspecified atom stereocenters. The van der Waals surface area contributed by atoms with Gasteiger partial charge in [0.15, 0.2) is 0 Å². The van der Waals surface area contributed by atoms with Gasteiger partial charge in [-0.05, 0) is 45.2 Å². The van der Waals surface area contributed by atoms with Crippen LogP contribution in [0.15, 0.2) is 18.3 Å². The van der Waals surface area contributed by atoms with E-state index in [1.807, 2.05) is 27.7 Å². The van der Waals surface area contributed by atoms with E-state index in [1.165, 1.54) is 12.1 Å². The minimum absolute atomic E-state index is 0.201. The Hall–Kier alpha value is -0.865. The molecular formula is C14H22BNO2. The first-order valence-electron chi connectivity index (χ1n) is 9.35. The zero-order chi connectivity index (χ0) is 19.5. The Kier molecular flexibility index (Phi) is 1.71. The summed E-state index contributed by atoms with van der Waals surface area (Å²) >= 11 is 0. The third-order valence-corrected chi connectivity index (χ3v) is 3.57. The van der Waals surface area contributed by atoms with E-state index in [9.17, 15) is 0 Å². The summed E-state index contributed by atoms with van der Waals surface area (Å²) in [7, 11) is -0.750. The monoisotopic (exact) mass is 254 g/mol. The number of aromatic nitrogens is 1. The van der Waals surface area contributed by atoms with E-state index in [-0.39, 0.29) is 5.56 Å². The van der Waals surface area contributed by atoms with E-state index in [2.05, 4.69) is 4.98 Å². The van der Waals surface area contributed by atoms with E-state index in [0.29, 0.717) is 5.59 Å². The lowest BCUT2D eigenvalue weighted by molar-refractivity contribution is 0.00578. The first-order chi connectivity index (χ1) is 11.0. The lowest BCUT2D eigenvalue weighted by atomic mass is 9.83. The molecule has 2 heterocycles. The van der Waals surface area contributed by atoms with E-state index >= 15 is 0 Å². The highest BCUT2D eigenvalue weighted by molar-refractivity contribution is 6.61. The second kappa shape index (κ2) is 4.35. The maximum atomic E-state index is 8.14. The molecule has 3 nitrogen and oxygen atoms in total. The summed E-state index contributed by atoms with van der Waals surface area (Å²) in [4.78, 5) is 4.11. The van der Waals surface area contributed by atoms with Crippen LogP contribution in [0.2, 0.25) is 0 Å². The molecule has 1 aromatic heterocycles. The van der Waals surface area contributed by atoms with Gasteiger partial charge >= 0.3 is 7.12 Å². The summed E-state index contributed by atoms with van der Waals surface area (Å²) in [5, 5.41) is 0. The number of hydrogen-bond donors (Lipinski definition) is 0. The summed E-state index contributed by atoms with van der Waals surface area (Å²) in [5.74, 6) is -2.76. The lowest BCUT2D eigenvalue weighted by Gasteiger charge is -2.32. The van der Waals surface area contributed by atoms with Gasteiger partial charge in [-0.2, -0.15) is 0 Å². The van der Waals surface area contributed by atoms with Crippen LogP contribution in [-0.4, -0.2) is 23.3 Å². The minimum atomic E-state index is -3.04. The first-order valence-corrected chi connectivity index (χ1v) is 5.85. The molecule has 98 valence electrons. The van der Waals surface area contributed by atoms with Crippen molar-refractivity contribution in [3.63, 3.8) is 0 Å². The maximum absolute atomic E-state index is 8.14. The Bertz CT molecular complexity index is 610. The molecule has 0 spiro atoms. The fourth-order valence-electron chi connectivity index (χ4n) is 1.66. The molecule has 1 aliphatic rings. The number of rotatable bonds is 2. The van der Waals surface area contributed by atoms with E-state index < -0.39 is 37.9 Å². The molecule has 0 amide bonds. The topological polar surface area (TPSA) is 31.4 Å². The third kappa shape index (κ3) is 2.32. The van der Waals surface area contributed by atoms with Crippen molar-refractivity contribution in [3.05, 3.63) is 23.9 Å². The van der Waals surface area contributed by atoms with Gasteiger partial charge in [0.25, 0.3) is 0 Å². The fourth-order valence-corrected chi connectivity index (χ4v) is 1.66. The van der Waals surface area contributed by atoms with Crippen LogP contribution in [0, 0.1) is 0 Å². The predicted octanol–water partition coefficient (Wildman–Crippen LogP) is 2.50. The van der Waals surface area contributed by atoms with Crippen LogP contribution in [0.25, 0.3) is 0 Å². The molecule has 0 atom stereocenters. The van der Waals surface area contributed by atoms with Crippen molar-refractivity contribution < 1.29 is 18.9 Å². The molecule has 0 bridgehead atoms. The van der Waals surface area contributed by atoms with Gasteiger partial charge in [-0.1, -0.05) is 19.8 Å². The van der Waals surface area contributed by atoms with E-state index in [1.54, 1.807) is 0 Å². The quantitative estimate of drug-likeness (QED) is 0.760. The molecule has 1 aliphatic heterocycles. The molecule has 0 aliphatic carbocycles. The molecular weight excluding hydrogens is 225 g/mol. The summed E-state index contributed by atoms with van der Waals surface area (Å²) in [6.07, 6.45) is 1.10. The number of hydrogen-bond acceptors (Lipinski definition) is 3. The van der Waals surface area contributed by atoms with Gasteiger partial charge in [0.1, 0.15) is 0 Å². The SMILES string of the molecule is [2H]C([2H])([2H])C([2H])(c1ccc(B2OC(C)(C)C(C)(C)O2)nc1)C([2H])([2H])[2H]. The standard InChI is InChI=1S/C14H22BNO2/c1-10(2)11-7-8-12(16-9-11)15-17-13(3,4)14(5,6)18-15/h7-10H,1-6H3/i1D3,2D3,10D. The summed E-state index contributed by atoms with van der Waals surface area (Å²) in [6.45, 7) is 1.48. The Morgan fingerprint density at radius 3 is 2.28 bits per heavy atom. The Balaban J connectivity index is 2.38. The van der Waals surface area contributed by atoms with Crippen molar-refractivity contribution in [1.29, 1.82) is 0 Å². The van der Waals surface area contributed by atoms with Gasteiger partial charge < -0.3 is 9.31 Å². The summed E-state index contributed by atoms with van der Waals surface area (Å²) in [6, 6.07) is 2.73. The average molecular weight is 254 g/mol. The highest BCUT2D eigenvalue weighted by atomic mass is 16.7. The molecule has 0 N–H and O–H groups in total. The molecule has 0 radical (unpaired) electrons. The van der Waals surface area contributed by atoms with Crippen molar-refractivity contribution in [2.24, 2.45) is 0 Å². The molecule has 2 rings (SSSR count). The van der Waals surface area contributed by atoms with Gasteiger partial charge in [0.05, 0.1) is 16.8 Å². The smallest absolute Gasteiger partial charge is 0.398 e. The zero-order valence-corrected chi connectivity index (χ0v) is 11.1. The number of nitrogens with zero attached hydrogens (tertiary/aromatic N) is 1. The van der Waals surface area contributed by atoms with Crippen LogP contribution < -0.4 is 5.59 Å². The molecule has 1 aromatic rings. The van der Waals surface area contributed by atoms with Crippen LogP contribution in [0.3, 0.4) is 0 Å². The lowest BCUT2D eigenvalue weighted by Crippen LogP contribution is -2.41. The third-order valence-electron chi connectivity index (χ3n) is 3.57. The van der Waals surface area contributed by atoms with Gasteiger partial charge in [-0.25, -0.2) is 0 Å². The van der Waals surface area contributed by atoms with Crippen molar-refractivity contribution in [3.8, 4) is 0 Å². The fraction of sp³-hybridized carbons (Fsp3) is 0.643. The van der Waals surface area contributed by atoms with Crippen molar-refractivity contribution in [2.45, 2.75) is 58.5 Å². The van der Waals surface area contributed by atoms with Crippen LogP contribution in [-0.2, 0) is 9.31 Å².